The minimum atomic E-state index is -3.07. The van der Waals surface area contributed by atoms with E-state index in [0.717, 1.165) is 24.0 Å². The number of anilines is 1. The maximum atomic E-state index is 13.0. The number of amides is 2. The van der Waals surface area contributed by atoms with Crippen molar-refractivity contribution in [3.8, 4) is 0 Å². The first-order valence-corrected chi connectivity index (χ1v) is 13.6. The van der Waals surface area contributed by atoms with Crippen LogP contribution in [0.5, 0.6) is 0 Å². The number of benzene rings is 2. The number of sulfone groups is 1. The molecule has 0 spiro atoms. The highest BCUT2D eigenvalue weighted by molar-refractivity contribution is 7.91. The Hall–Kier alpha value is -2.80. The minimum absolute atomic E-state index is 0.0901. The van der Waals surface area contributed by atoms with Gasteiger partial charge in [-0.05, 0) is 82.2 Å². The number of Topliss-reactive ketones (excluding diaryl/α,β-unsaturated/α-hetero) is 1. The number of carbonyl (C=O) groups excluding carboxylic acids is 3. The Morgan fingerprint density at radius 3 is 2.18 bits per heavy atom. The molecule has 0 radical (unpaired) electrons. The summed E-state index contributed by atoms with van der Waals surface area (Å²) in [5.74, 6) is -0.386. The summed E-state index contributed by atoms with van der Waals surface area (Å²) in [6, 6.07) is 12.3. The lowest BCUT2D eigenvalue weighted by Gasteiger charge is -2.28. The molecule has 1 aliphatic carbocycles. The van der Waals surface area contributed by atoms with E-state index in [9.17, 15) is 22.8 Å². The van der Waals surface area contributed by atoms with Gasteiger partial charge in [0, 0.05) is 12.3 Å². The molecular formula is C27H31NO5S. The first-order chi connectivity index (χ1) is 16.1. The summed E-state index contributed by atoms with van der Waals surface area (Å²) in [5.41, 5.74) is 2.98. The number of imide groups is 1. The molecule has 0 N–H and O–H groups in total. The van der Waals surface area contributed by atoms with Crippen LogP contribution in [0.4, 0.5) is 5.69 Å². The van der Waals surface area contributed by atoms with Crippen LogP contribution < -0.4 is 4.90 Å². The van der Waals surface area contributed by atoms with Crippen molar-refractivity contribution in [2.75, 3.05) is 10.7 Å². The molecule has 0 aromatic heterocycles. The van der Waals surface area contributed by atoms with Crippen molar-refractivity contribution in [2.24, 2.45) is 11.8 Å². The lowest BCUT2D eigenvalue weighted by Crippen LogP contribution is -2.29. The van der Waals surface area contributed by atoms with Crippen molar-refractivity contribution in [2.45, 2.75) is 58.1 Å². The maximum absolute atomic E-state index is 13.0. The Balaban J connectivity index is 1.40. The summed E-state index contributed by atoms with van der Waals surface area (Å²) >= 11 is 0. The maximum Gasteiger partial charge on any atom is 0.266 e. The van der Waals surface area contributed by atoms with Gasteiger partial charge in [0.1, 0.15) is 5.78 Å². The van der Waals surface area contributed by atoms with E-state index in [-0.39, 0.29) is 46.9 Å². The molecule has 1 saturated carbocycles. The molecule has 4 rings (SSSR count). The van der Waals surface area contributed by atoms with Crippen LogP contribution in [0.2, 0.25) is 0 Å². The second-order valence-electron chi connectivity index (χ2n) is 9.90. The van der Waals surface area contributed by atoms with Gasteiger partial charge in [0.2, 0.25) is 0 Å². The van der Waals surface area contributed by atoms with Crippen LogP contribution in [-0.4, -0.2) is 37.0 Å². The average Bonchev–Trinajstić information content (AvgIpc) is 3.04. The van der Waals surface area contributed by atoms with Crippen molar-refractivity contribution in [1.29, 1.82) is 0 Å². The van der Waals surface area contributed by atoms with Gasteiger partial charge < -0.3 is 0 Å². The Kier molecular flexibility index (Phi) is 6.76. The standard InChI is InChI=1S/C27H31NO5S/c1-17(2)34(32,33)16-19-6-9-21(10-7-19)25(29)15-20-8-13-23-24(14-20)27(31)28(26(23)30)22-11-4-18(3)5-12-22/h4-5,8,11-14,17,19,21H,6-7,9-10,15-16H2,1-3H3. The minimum Gasteiger partial charge on any atom is -0.299 e. The number of hydrogen-bond donors (Lipinski definition) is 0. The van der Waals surface area contributed by atoms with Crippen LogP contribution >= 0.6 is 0 Å². The van der Waals surface area contributed by atoms with Gasteiger partial charge >= 0.3 is 0 Å². The molecule has 6 nitrogen and oxygen atoms in total. The highest BCUT2D eigenvalue weighted by Gasteiger charge is 2.37. The average molecular weight is 482 g/mol. The number of hydrogen-bond acceptors (Lipinski definition) is 5. The van der Waals surface area contributed by atoms with Crippen LogP contribution in [0, 0.1) is 18.8 Å². The monoisotopic (exact) mass is 481 g/mol. The highest BCUT2D eigenvalue weighted by atomic mass is 32.2. The number of rotatable bonds is 7. The predicted octanol–water partition coefficient (Wildman–Crippen LogP) is 4.54. The Bertz CT molecular complexity index is 1220. The van der Waals surface area contributed by atoms with Gasteiger partial charge in [-0.15, -0.1) is 0 Å². The normalized spacial score (nSPS) is 20.6. The molecule has 0 atom stereocenters. The van der Waals surface area contributed by atoms with E-state index in [2.05, 4.69) is 0 Å². The van der Waals surface area contributed by atoms with Crippen molar-refractivity contribution in [1.82, 2.24) is 0 Å². The fourth-order valence-electron chi connectivity index (χ4n) is 4.84. The molecule has 7 heteroatoms. The van der Waals surface area contributed by atoms with Crippen molar-refractivity contribution in [3.63, 3.8) is 0 Å². The molecule has 180 valence electrons. The summed E-state index contributed by atoms with van der Waals surface area (Å²) in [6.45, 7) is 5.36. The molecule has 2 amide bonds. The molecule has 2 aliphatic rings. The third kappa shape index (κ3) is 4.85. The van der Waals surface area contributed by atoms with E-state index in [1.165, 1.54) is 4.90 Å². The first-order valence-electron chi connectivity index (χ1n) is 11.9. The van der Waals surface area contributed by atoms with E-state index in [1.54, 1.807) is 44.2 Å². The fraction of sp³-hybridized carbons (Fsp3) is 0.444. The molecule has 1 fully saturated rings. The quantitative estimate of drug-likeness (QED) is 0.542. The van der Waals surface area contributed by atoms with Crippen LogP contribution in [0.25, 0.3) is 0 Å². The summed E-state index contributed by atoms with van der Waals surface area (Å²) in [5, 5.41) is -0.372. The van der Waals surface area contributed by atoms with Gasteiger partial charge in [-0.1, -0.05) is 23.8 Å². The molecule has 0 unspecified atom stereocenters. The van der Waals surface area contributed by atoms with E-state index < -0.39 is 9.84 Å². The zero-order valence-electron chi connectivity index (χ0n) is 19.9. The largest absolute Gasteiger partial charge is 0.299 e. The van der Waals surface area contributed by atoms with Gasteiger partial charge in [0.05, 0.1) is 27.8 Å². The molecule has 2 aromatic carbocycles. The Morgan fingerprint density at radius 2 is 1.56 bits per heavy atom. The van der Waals surface area contributed by atoms with E-state index in [4.69, 9.17) is 0 Å². The van der Waals surface area contributed by atoms with Gasteiger partial charge in [-0.3, -0.25) is 14.4 Å². The van der Waals surface area contributed by atoms with E-state index in [0.29, 0.717) is 29.7 Å². The number of nitrogens with zero attached hydrogens (tertiary/aromatic N) is 1. The zero-order valence-corrected chi connectivity index (χ0v) is 20.7. The second kappa shape index (κ2) is 9.45. The van der Waals surface area contributed by atoms with Crippen molar-refractivity contribution >= 4 is 33.1 Å². The topological polar surface area (TPSA) is 88.6 Å². The summed E-state index contributed by atoms with van der Waals surface area (Å²) in [4.78, 5) is 40.0. The second-order valence-corrected chi connectivity index (χ2v) is 12.5. The van der Waals surface area contributed by atoms with Crippen LogP contribution in [0.15, 0.2) is 42.5 Å². The first kappa shape index (κ1) is 24.3. The van der Waals surface area contributed by atoms with E-state index >= 15 is 0 Å². The summed E-state index contributed by atoms with van der Waals surface area (Å²) in [6.07, 6.45) is 3.08. The van der Waals surface area contributed by atoms with Gasteiger partial charge in [0.15, 0.2) is 9.84 Å². The van der Waals surface area contributed by atoms with Gasteiger partial charge in [-0.25, -0.2) is 13.3 Å². The smallest absolute Gasteiger partial charge is 0.266 e. The van der Waals surface area contributed by atoms with Crippen molar-refractivity contribution < 1.29 is 22.8 Å². The molecule has 0 saturated heterocycles. The Labute approximate surface area is 201 Å². The molecular weight excluding hydrogens is 450 g/mol. The van der Waals surface area contributed by atoms with Crippen LogP contribution in [0.3, 0.4) is 0 Å². The van der Waals surface area contributed by atoms with Crippen LogP contribution in [0.1, 0.15) is 71.4 Å². The predicted molar refractivity (Wildman–Crippen MR) is 132 cm³/mol. The Morgan fingerprint density at radius 1 is 0.941 bits per heavy atom. The zero-order chi connectivity index (χ0) is 24.6. The van der Waals surface area contributed by atoms with E-state index in [1.807, 2.05) is 19.1 Å². The summed E-state index contributed by atoms with van der Waals surface area (Å²) in [7, 11) is -3.07. The lowest BCUT2D eigenvalue weighted by atomic mass is 9.79. The molecule has 1 aliphatic heterocycles. The number of carbonyl (C=O) groups is 3. The van der Waals surface area contributed by atoms with Gasteiger partial charge in [-0.2, -0.15) is 0 Å². The molecule has 1 heterocycles. The fourth-order valence-corrected chi connectivity index (χ4v) is 6.22. The van der Waals surface area contributed by atoms with Crippen LogP contribution in [-0.2, 0) is 21.1 Å². The third-order valence-electron chi connectivity index (χ3n) is 7.11. The molecule has 2 aromatic rings. The summed E-state index contributed by atoms with van der Waals surface area (Å²) < 4.78 is 24.4. The third-order valence-corrected chi connectivity index (χ3v) is 9.48. The van der Waals surface area contributed by atoms with Gasteiger partial charge in [0.25, 0.3) is 11.8 Å². The number of fused-ring (bicyclic) bond motifs is 1. The number of ketones is 1. The molecule has 0 bridgehead atoms. The van der Waals surface area contributed by atoms with Crippen molar-refractivity contribution in [3.05, 3.63) is 64.7 Å². The lowest BCUT2D eigenvalue weighted by molar-refractivity contribution is -0.123. The number of aryl methyl sites for hydroxylation is 1. The molecule has 34 heavy (non-hydrogen) atoms. The highest BCUT2D eigenvalue weighted by Crippen LogP contribution is 2.33. The SMILES string of the molecule is Cc1ccc(N2C(=O)c3ccc(CC(=O)C4CCC(CS(=O)(=O)C(C)C)CC4)cc3C2=O)cc1.